The van der Waals surface area contributed by atoms with E-state index in [0.29, 0.717) is 0 Å². The third kappa shape index (κ3) is 2.82. The van der Waals surface area contributed by atoms with Crippen LogP contribution in [-0.4, -0.2) is 12.0 Å². The number of aromatic nitrogens is 1. The zero-order valence-corrected chi connectivity index (χ0v) is 12.1. The summed E-state index contributed by atoms with van der Waals surface area (Å²) in [5.74, 6) is 0.883. The van der Waals surface area contributed by atoms with Crippen molar-refractivity contribution in [1.29, 1.82) is 0 Å². The van der Waals surface area contributed by atoms with Crippen LogP contribution in [0.4, 0.5) is 11.5 Å². The molecule has 18 heavy (non-hydrogen) atoms. The van der Waals surface area contributed by atoms with Crippen molar-refractivity contribution in [2.75, 3.05) is 17.7 Å². The summed E-state index contributed by atoms with van der Waals surface area (Å²) in [5.41, 5.74) is 8.91. The van der Waals surface area contributed by atoms with E-state index in [9.17, 15) is 0 Å². The molecule has 0 aliphatic heterocycles. The number of pyridine rings is 1. The standard InChI is InChI=1S/C14H16BrN3/c1-10-8-17-14(7-13(10)16)18(2)9-11-5-3-4-6-12(11)15/h3-8H,9H2,1-2H3,(H2,16,17). The van der Waals surface area contributed by atoms with Crippen molar-refractivity contribution in [3.8, 4) is 0 Å². The van der Waals surface area contributed by atoms with Crippen LogP contribution in [0.3, 0.4) is 0 Å². The molecule has 0 atom stereocenters. The quantitative estimate of drug-likeness (QED) is 0.945. The Balaban J connectivity index is 2.19. The van der Waals surface area contributed by atoms with Gasteiger partial charge in [-0.3, -0.25) is 0 Å². The van der Waals surface area contributed by atoms with Crippen LogP contribution in [0.25, 0.3) is 0 Å². The molecule has 1 aromatic carbocycles. The maximum Gasteiger partial charge on any atom is 0.130 e. The minimum Gasteiger partial charge on any atom is -0.398 e. The summed E-state index contributed by atoms with van der Waals surface area (Å²) in [6.45, 7) is 2.75. The highest BCUT2D eigenvalue weighted by Crippen LogP contribution is 2.21. The number of hydrogen-bond acceptors (Lipinski definition) is 3. The lowest BCUT2D eigenvalue weighted by Gasteiger charge is -2.19. The van der Waals surface area contributed by atoms with Gasteiger partial charge in [-0.1, -0.05) is 34.1 Å². The first-order valence-corrected chi connectivity index (χ1v) is 6.54. The van der Waals surface area contributed by atoms with Gasteiger partial charge in [0.05, 0.1) is 0 Å². The smallest absolute Gasteiger partial charge is 0.130 e. The fraction of sp³-hybridized carbons (Fsp3) is 0.214. The number of nitrogens with two attached hydrogens (primary N) is 1. The molecular weight excluding hydrogens is 290 g/mol. The van der Waals surface area contributed by atoms with E-state index in [0.717, 1.165) is 28.1 Å². The van der Waals surface area contributed by atoms with Gasteiger partial charge < -0.3 is 10.6 Å². The average molecular weight is 306 g/mol. The van der Waals surface area contributed by atoms with E-state index in [2.05, 4.69) is 31.9 Å². The first-order chi connectivity index (χ1) is 8.58. The monoisotopic (exact) mass is 305 g/mol. The molecule has 2 aromatic rings. The molecule has 1 heterocycles. The molecule has 3 nitrogen and oxygen atoms in total. The lowest BCUT2D eigenvalue weighted by molar-refractivity contribution is 0.893. The van der Waals surface area contributed by atoms with Crippen LogP contribution in [0, 0.1) is 6.92 Å². The molecule has 0 amide bonds. The van der Waals surface area contributed by atoms with E-state index < -0.39 is 0 Å². The van der Waals surface area contributed by atoms with Gasteiger partial charge >= 0.3 is 0 Å². The van der Waals surface area contributed by atoms with Crippen molar-refractivity contribution in [1.82, 2.24) is 4.98 Å². The second-order valence-electron chi connectivity index (χ2n) is 4.35. The average Bonchev–Trinajstić information content (AvgIpc) is 2.35. The van der Waals surface area contributed by atoms with Crippen molar-refractivity contribution in [2.45, 2.75) is 13.5 Å². The number of anilines is 2. The molecule has 2 N–H and O–H groups in total. The van der Waals surface area contributed by atoms with Gasteiger partial charge in [-0.15, -0.1) is 0 Å². The van der Waals surface area contributed by atoms with Gasteiger partial charge in [0, 0.05) is 36.0 Å². The lowest BCUT2D eigenvalue weighted by atomic mass is 10.2. The summed E-state index contributed by atoms with van der Waals surface area (Å²) in [4.78, 5) is 6.47. The van der Waals surface area contributed by atoms with Crippen LogP contribution in [0.15, 0.2) is 41.0 Å². The Labute approximate surface area is 116 Å². The molecule has 0 saturated carbocycles. The first kappa shape index (κ1) is 12.9. The number of benzene rings is 1. The normalized spacial score (nSPS) is 10.4. The maximum atomic E-state index is 5.91. The van der Waals surface area contributed by atoms with Crippen LogP contribution in [-0.2, 0) is 6.54 Å². The van der Waals surface area contributed by atoms with Crippen molar-refractivity contribution < 1.29 is 0 Å². The van der Waals surface area contributed by atoms with Crippen LogP contribution in [0.1, 0.15) is 11.1 Å². The Kier molecular flexibility index (Phi) is 3.87. The summed E-state index contributed by atoms with van der Waals surface area (Å²) < 4.78 is 1.11. The molecule has 0 saturated heterocycles. The Morgan fingerprint density at radius 1 is 1.33 bits per heavy atom. The third-order valence-electron chi connectivity index (χ3n) is 2.89. The zero-order valence-electron chi connectivity index (χ0n) is 10.5. The number of aryl methyl sites for hydroxylation is 1. The van der Waals surface area contributed by atoms with Gasteiger partial charge in [0.15, 0.2) is 0 Å². The molecule has 0 bridgehead atoms. The summed E-state index contributed by atoms with van der Waals surface area (Å²) in [6, 6.07) is 10.1. The van der Waals surface area contributed by atoms with Gasteiger partial charge in [0.1, 0.15) is 5.82 Å². The summed E-state index contributed by atoms with van der Waals surface area (Å²) in [5, 5.41) is 0. The molecule has 0 spiro atoms. The molecule has 0 radical (unpaired) electrons. The van der Waals surface area contributed by atoms with Crippen molar-refractivity contribution >= 4 is 27.4 Å². The summed E-state index contributed by atoms with van der Waals surface area (Å²) in [6.07, 6.45) is 1.81. The Morgan fingerprint density at radius 2 is 2.06 bits per heavy atom. The molecular formula is C14H16BrN3. The zero-order chi connectivity index (χ0) is 13.1. The van der Waals surface area contributed by atoms with E-state index in [1.54, 1.807) is 6.20 Å². The number of nitrogens with zero attached hydrogens (tertiary/aromatic N) is 2. The lowest BCUT2D eigenvalue weighted by Crippen LogP contribution is -2.18. The van der Waals surface area contributed by atoms with Gasteiger partial charge in [-0.05, 0) is 24.1 Å². The third-order valence-corrected chi connectivity index (χ3v) is 3.66. The van der Waals surface area contributed by atoms with Gasteiger partial charge in [0.2, 0.25) is 0 Å². The van der Waals surface area contributed by atoms with Crippen LogP contribution < -0.4 is 10.6 Å². The Hall–Kier alpha value is -1.55. The number of nitrogen functional groups attached to an aromatic ring is 1. The van der Waals surface area contributed by atoms with Gasteiger partial charge in [0.25, 0.3) is 0 Å². The highest BCUT2D eigenvalue weighted by Gasteiger charge is 2.07. The molecule has 0 aliphatic carbocycles. The topological polar surface area (TPSA) is 42.2 Å². The molecule has 0 unspecified atom stereocenters. The largest absolute Gasteiger partial charge is 0.398 e. The van der Waals surface area contributed by atoms with E-state index in [4.69, 9.17) is 5.73 Å². The molecule has 0 fully saturated rings. The highest BCUT2D eigenvalue weighted by atomic mass is 79.9. The first-order valence-electron chi connectivity index (χ1n) is 5.74. The fourth-order valence-corrected chi connectivity index (χ4v) is 2.11. The van der Waals surface area contributed by atoms with Crippen molar-refractivity contribution in [3.05, 3.63) is 52.1 Å². The summed E-state index contributed by atoms with van der Waals surface area (Å²) in [7, 11) is 2.01. The van der Waals surface area contributed by atoms with Gasteiger partial charge in [-0.2, -0.15) is 0 Å². The van der Waals surface area contributed by atoms with E-state index in [1.165, 1.54) is 5.56 Å². The Bertz CT molecular complexity index is 554. The number of hydrogen-bond donors (Lipinski definition) is 1. The van der Waals surface area contributed by atoms with E-state index in [-0.39, 0.29) is 0 Å². The molecule has 2 rings (SSSR count). The second kappa shape index (κ2) is 5.40. The molecule has 94 valence electrons. The van der Waals surface area contributed by atoms with E-state index in [1.807, 2.05) is 38.2 Å². The van der Waals surface area contributed by atoms with Crippen molar-refractivity contribution in [3.63, 3.8) is 0 Å². The molecule has 0 aliphatic rings. The maximum absolute atomic E-state index is 5.91. The van der Waals surface area contributed by atoms with Crippen LogP contribution >= 0.6 is 15.9 Å². The minimum absolute atomic E-state index is 0.777. The minimum atomic E-state index is 0.777. The fourth-order valence-electron chi connectivity index (χ4n) is 1.70. The number of halogens is 1. The number of rotatable bonds is 3. The SMILES string of the molecule is Cc1cnc(N(C)Cc2ccccc2Br)cc1N. The molecule has 4 heteroatoms. The van der Waals surface area contributed by atoms with Crippen molar-refractivity contribution in [2.24, 2.45) is 0 Å². The van der Waals surface area contributed by atoms with Crippen LogP contribution in [0.5, 0.6) is 0 Å². The van der Waals surface area contributed by atoms with Gasteiger partial charge in [-0.25, -0.2) is 4.98 Å². The van der Waals surface area contributed by atoms with E-state index >= 15 is 0 Å². The van der Waals surface area contributed by atoms with Crippen LogP contribution in [0.2, 0.25) is 0 Å². The summed E-state index contributed by atoms with van der Waals surface area (Å²) >= 11 is 3.55. The Morgan fingerprint density at radius 3 is 2.72 bits per heavy atom. The predicted molar refractivity (Wildman–Crippen MR) is 79.6 cm³/mol. The highest BCUT2D eigenvalue weighted by molar-refractivity contribution is 9.10. The predicted octanol–water partition coefficient (Wildman–Crippen LogP) is 3.37. The molecule has 1 aromatic heterocycles. The second-order valence-corrected chi connectivity index (χ2v) is 5.20.